The van der Waals surface area contributed by atoms with Crippen molar-refractivity contribution in [3.63, 3.8) is 0 Å². The van der Waals surface area contributed by atoms with Gasteiger partial charge in [-0.15, -0.1) is 0 Å². The third-order valence-corrected chi connectivity index (χ3v) is 3.58. The Kier molecular flexibility index (Phi) is 4.98. The molecule has 0 bridgehead atoms. The minimum atomic E-state index is -4.41. The van der Waals surface area contributed by atoms with Crippen LogP contribution in [0, 0.1) is 0 Å². The summed E-state index contributed by atoms with van der Waals surface area (Å²) in [7, 11) is 1.55. The predicted molar refractivity (Wildman–Crippen MR) is 67.7 cm³/mol. The van der Waals surface area contributed by atoms with E-state index >= 15 is 0 Å². The minimum Gasteiger partial charge on any atom is -0.480 e. The SMILES string of the molecule is CC(C(=O)O)N(C)Cc1cc(C(F)(F)F)ccc1Br. The summed E-state index contributed by atoms with van der Waals surface area (Å²) in [5.41, 5.74) is -0.354. The van der Waals surface area contributed by atoms with Gasteiger partial charge in [0.05, 0.1) is 5.56 Å². The summed E-state index contributed by atoms with van der Waals surface area (Å²) in [6, 6.07) is 2.54. The maximum Gasteiger partial charge on any atom is 0.416 e. The lowest BCUT2D eigenvalue weighted by molar-refractivity contribution is -0.142. The Morgan fingerprint density at radius 1 is 1.47 bits per heavy atom. The van der Waals surface area contributed by atoms with E-state index in [0.29, 0.717) is 10.0 Å². The molecule has 106 valence electrons. The lowest BCUT2D eigenvalue weighted by Gasteiger charge is -2.22. The zero-order chi connectivity index (χ0) is 14.8. The predicted octanol–water partition coefficient (Wildman–Crippen LogP) is 3.37. The number of carbonyl (C=O) groups is 1. The average Bonchev–Trinajstić information content (AvgIpc) is 2.29. The molecule has 0 saturated heterocycles. The van der Waals surface area contributed by atoms with Crippen molar-refractivity contribution in [2.45, 2.75) is 25.7 Å². The topological polar surface area (TPSA) is 40.5 Å². The number of aliphatic carboxylic acids is 1. The number of alkyl halides is 3. The summed E-state index contributed by atoms with van der Waals surface area (Å²) in [6.45, 7) is 1.59. The van der Waals surface area contributed by atoms with Crippen molar-refractivity contribution >= 4 is 21.9 Å². The highest BCUT2D eigenvalue weighted by Crippen LogP contribution is 2.32. The highest BCUT2D eigenvalue weighted by molar-refractivity contribution is 9.10. The highest BCUT2D eigenvalue weighted by Gasteiger charge is 2.31. The smallest absolute Gasteiger partial charge is 0.416 e. The van der Waals surface area contributed by atoms with Crippen LogP contribution in [0.15, 0.2) is 22.7 Å². The van der Waals surface area contributed by atoms with Gasteiger partial charge in [-0.05, 0) is 37.7 Å². The van der Waals surface area contributed by atoms with Crippen molar-refractivity contribution in [2.24, 2.45) is 0 Å². The monoisotopic (exact) mass is 339 g/mol. The van der Waals surface area contributed by atoms with E-state index in [9.17, 15) is 18.0 Å². The molecule has 0 spiro atoms. The molecule has 1 N–H and O–H groups in total. The summed E-state index contributed by atoms with van der Waals surface area (Å²) < 4.78 is 38.3. The number of rotatable bonds is 4. The number of carboxylic acids is 1. The number of halogens is 4. The maximum absolute atomic E-state index is 12.6. The van der Waals surface area contributed by atoms with Gasteiger partial charge in [0.2, 0.25) is 0 Å². The van der Waals surface area contributed by atoms with Gasteiger partial charge in [0.1, 0.15) is 6.04 Å². The second kappa shape index (κ2) is 5.92. The number of likely N-dealkylation sites (N-methyl/N-ethyl adjacent to an activating group) is 1. The summed E-state index contributed by atoms with van der Waals surface area (Å²) in [5, 5.41) is 8.85. The van der Waals surface area contributed by atoms with E-state index in [1.807, 2.05) is 0 Å². The first-order valence-corrected chi connectivity index (χ1v) is 6.21. The molecule has 0 radical (unpaired) electrons. The molecule has 1 unspecified atom stereocenters. The molecule has 7 heteroatoms. The maximum atomic E-state index is 12.6. The molecule has 0 heterocycles. The Morgan fingerprint density at radius 3 is 2.53 bits per heavy atom. The van der Waals surface area contributed by atoms with Crippen LogP contribution in [0.5, 0.6) is 0 Å². The molecule has 3 nitrogen and oxygen atoms in total. The molecular weight excluding hydrogens is 327 g/mol. The van der Waals surface area contributed by atoms with Crippen LogP contribution >= 0.6 is 15.9 Å². The normalized spacial score (nSPS) is 13.6. The first-order valence-electron chi connectivity index (χ1n) is 5.41. The molecule has 1 rings (SSSR count). The zero-order valence-electron chi connectivity index (χ0n) is 10.3. The van der Waals surface area contributed by atoms with Gasteiger partial charge in [0.25, 0.3) is 0 Å². The second-order valence-electron chi connectivity index (χ2n) is 4.23. The van der Waals surface area contributed by atoms with Crippen molar-refractivity contribution in [2.75, 3.05) is 7.05 Å². The Bertz CT molecular complexity index is 477. The van der Waals surface area contributed by atoms with Crippen LogP contribution in [0.2, 0.25) is 0 Å². The molecule has 1 atom stereocenters. The van der Waals surface area contributed by atoms with Crippen LogP contribution in [-0.4, -0.2) is 29.1 Å². The molecule has 19 heavy (non-hydrogen) atoms. The van der Waals surface area contributed by atoms with E-state index in [4.69, 9.17) is 5.11 Å². The number of nitrogens with zero attached hydrogens (tertiary/aromatic N) is 1. The van der Waals surface area contributed by atoms with Crippen molar-refractivity contribution in [3.05, 3.63) is 33.8 Å². The Hall–Kier alpha value is -1.08. The van der Waals surface area contributed by atoms with Gasteiger partial charge < -0.3 is 5.11 Å². The lowest BCUT2D eigenvalue weighted by Crippen LogP contribution is -2.35. The van der Waals surface area contributed by atoms with Gasteiger partial charge in [0, 0.05) is 11.0 Å². The second-order valence-corrected chi connectivity index (χ2v) is 5.09. The number of carboxylic acid groups (broad SMARTS) is 1. The standard InChI is InChI=1S/C12H13BrF3NO2/c1-7(11(18)19)17(2)6-8-5-9(12(14,15)16)3-4-10(8)13/h3-5,7H,6H2,1-2H3,(H,18,19). The number of hydrogen-bond acceptors (Lipinski definition) is 2. The average molecular weight is 340 g/mol. The van der Waals surface area contributed by atoms with Crippen LogP contribution in [0.4, 0.5) is 13.2 Å². The van der Waals surface area contributed by atoms with Crippen molar-refractivity contribution in [3.8, 4) is 0 Å². The van der Waals surface area contributed by atoms with E-state index in [2.05, 4.69) is 15.9 Å². The molecule has 0 amide bonds. The minimum absolute atomic E-state index is 0.109. The molecule has 0 aliphatic rings. The van der Waals surface area contributed by atoms with E-state index in [1.54, 1.807) is 7.05 Å². The van der Waals surface area contributed by atoms with Crippen LogP contribution in [-0.2, 0) is 17.5 Å². The summed E-state index contributed by atoms with van der Waals surface area (Å²) in [4.78, 5) is 12.3. The molecule has 1 aromatic carbocycles. The number of benzene rings is 1. The van der Waals surface area contributed by atoms with Crippen LogP contribution in [0.3, 0.4) is 0 Å². The van der Waals surface area contributed by atoms with Gasteiger partial charge in [-0.25, -0.2) is 0 Å². The molecule has 0 fully saturated rings. The number of hydrogen-bond donors (Lipinski definition) is 1. The largest absolute Gasteiger partial charge is 0.480 e. The fraction of sp³-hybridized carbons (Fsp3) is 0.417. The first-order chi connectivity index (χ1) is 8.62. The summed E-state index contributed by atoms with van der Waals surface area (Å²) in [5.74, 6) is -1.02. The molecular formula is C12H13BrF3NO2. The van der Waals surface area contributed by atoms with E-state index in [-0.39, 0.29) is 6.54 Å². The van der Waals surface area contributed by atoms with Crippen molar-refractivity contribution in [1.82, 2.24) is 4.90 Å². The fourth-order valence-electron chi connectivity index (χ4n) is 1.47. The van der Waals surface area contributed by atoms with Gasteiger partial charge in [-0.3, -0.25) is 9.69 Å². The molecule has 0 aromatic heterocycles. The van der Waals surface area contributed by atoms with Crippen molar-refractivity contribution < 1.29 is 23.1 Å². The van der Waals surface area contributed by atoms with Crippen molar-refractivity contribution in [1.29, 1.82) is 0 Å². The molecule has 0 aliphatic heterocycles. The molecule has 0 saturated carbocycles. The quantitative estimate of drug-likeness (QED) is 0.914. The van der Waals surface area contributed by atoms with Crippen LogP contribution in [0.1, 0.15) is 18.1 Å². The molecule has 1 aromatic rings. The highest BCUT2D eigenvalue weighted by atomic mass is 79.9. The third kappa shape index (κ3) is 4.21. The summed E-state index contributed by atoms with van der Waals surface area (Å²) >= 11 is 3.17. The Balaban J connectivity index is 2.98. The van der Waals surface area contributed by atoms with E-state index in [1.165, 1.54) is 17.9 Å². The molecule has 0 aliphatic carbocycles. The summed E-state index contributed by atoms with van der Waals surface area (Å²) in [6.07, 6.45) is -4.41. The van der Waals surface area contributed by atoms with E-state index in [0.717, 1.165) is 12.1 Å². The zero-order valence-corrected chi connectivity index (χ0v) is 11.9. The third-order valence-electron chi connectivity index (χ3n) is 2.81. The fourth-order valence-corrected chi connectivity index (χ4v) is 1.84. The van der Waals surface area contributed by atoms with E-state index < -0.39 is 23.8 Å². The van der Waals surface area contributed by atoms with Gasteiger partial charge in [-0.2, -0.15) is 13.2 Å². The van der Waals surface area contributed by atoms with Crippen LogP contribution < -0.4 is 0 Å². The Labute approximate surface area is 117 Å². The Morgan fingerprint density at radius 2 is 2.05 bits per heavy atom. The van der Waals surface area contributed by atoms with Gasteiger partial charge in [-0.1, -0.05) is 15.9 Å². The van der Waals surface area contributed by atoms with Gasteiger partial charge in [0.15, 0.2) is 0 Å². The lowest BCUT2D eigenvalue weighted by atomic mass is 10.1. The van der Waals surface area contributed by atoms with Gasteiger partial charge >= 0.3 is 12.1 Å². The first kappa shape index (κ1) is 16.0. The van der Waals surface area contributed by atoms with Crippen LogP contribution in [0.25, 0.3) is 0 Å².